The molecule has 0 spiro atoms. The minimum Gasteiger partial charge on any atom is -0.306 e. The predicted octanol–water partition coefficient (Wildman–Crippen LogP) is 3.41. The normalized spacial score (nSPS) is 25.6. The van der Waals surface area contributed by atoms with Gasteiger partial charge in [-0.05, 0) is 52.4 Å². The molecule has 128 valence electrons. The third-order valence-corrected chi connectivity index (χ3v) is 4.61. The molecule has 0 bridgehead atoms. The van der Waals surface area contributed by atoms with E-state index in [1.165, 1.54) is 58.7 Å². The first-order chi connectivity index (χ1) is 10.2. The minimum absolute atomic E-state index is 0.750. The highest BCUT2D eigenvalue weighted by molar-refractivity contribution is 4.81. The van der Waals surface area contributed by atoms with E-state index in [1.54, 1.807) is 0 Å². The highest BCUT2D eigenvalue weighted by atomic mass is 15.3. The van der Waals surface area contributed by atoms with Crippen LogP contribution in [-0.2, 0) is 0 Å². The second kappa shape index (κ2) is 12.4. The number of likely N-dealkylation sites (N-methyl/N-ethyl adjacent to an activating group) is 1. The Bertz CT molecular complexity index is 225. The van der Waals surface area contributed by atoms with Crippen molar-refractivity contribution in [3.63, 3.8) is 0 Å². The summed E-state index contributed by atoms with van der Waals surface area (Å²) in [5.74, 6) is 0.951. The molecule has 0 saturated carbocycles. The van der Waals surface area contributed by atoms with Crippen LogP contribution in [0.3, 0.4) is 0 Å². The summed E-state index contributed by atoms with van der Waals surface area (Å²) in [5, 5.41) is 0. The van der Waals surface area contributed by atoms with Crippen LogP contribution in [0.25, 0.3) is 0 Å². The topological polar surface area (TPSA) is 9.72 Å². The Hall–Kier alpha value is -0.120. The molecule has 2 saturated heterocycles. The van der Waals surface area contributed by atoms with Gasteiger partial charge in [0.15, 0.2) is 0 Å². The predicted molar refractivity (Wildman–Crippen MR) is 96.1 cm³/mol. The Morgan fingerprint density at radius 2 is 1.48 bits per heavy atom. The maximum absolute atomic E-state index is 2.70. The average molecular weight is 300 g/mol. The molecule has 0 aromatic rings. The Labute approximate surface area is 134 Å². The molecule has 0 radical (unpaired) electrons. The molecule has 1 unspecified atom stereocenters. The summed E-state index contributed by atoms with van der Waals surface area (Å²) in [4.78, 5) is 7.77. The lowest BCUT2D eigenvalue weighted by atomic mass is 9.96. The van der Waals surface area contributed by atoms with Crippen molar-refractivity contribution in [1.82, 2.24) is 14.7 Å². The fourth-order valence-electron chi connectivity index (χ4n) is 3.32. The Balaban J connectivity index is 0.000000921. The summed E-state index contributed by atoms with van der Waals surface area (Å²) >= 11 is 0. The van der Waals surface area contributed by atoms with Gasteiger partial charge in [-0.25, -0.2) is 0 Å². The fourth-order valence-corrected chi connectivity index (χ4v) is 3.32. The van der Waals surface area contributed by atoms with Crippen molar-refractivity contribution in [2.24, 2.45) is 5.92 Å². The molecule has 3 nitrogen and oxygen atoms in total. The number of hydrogen-bond acceptors (Lipinski definition) is 3. The molecule has 0 aliphatic carbocycles. The Morgan fingerprint density at radius 3 is 1.95 bits per heavy atom. The number of piperidine rings is 1. The molecule has 0 amide bonds. The Morgan fingerprint density at radius 1 is 0.905 bits per heavy atom. The van der Waals surface area contributed by atoms with Crippen molar-refractivity contribution in [1.29, 1.82) is 0 Å². The third kappa shape index (κ3) is 7.62. The zero-order valence-electron chi connectivity index (χ0n) is 15.9. The summed E-state index contributed by atoms with van der Waals surface area (Å²) in [6.45, 7) is 21.6. The fraction of sp³-hybridized carbons (Fsp3) is 1.00. The van der Waals surface area contributed by atoms with Gasteiger partial charge in [0.05, 0.1) is 0 Å². The number of likely N-dealkylation sites (tertiary alicyclic amines) is 1. The Kier molecular flexibility index (Phi) is 12.4. The first kappa shape index (κ1) is 20.9. The van der Waals surface area contributed by atoms with Gasteiger partial charge in [0, 0.05) is 32.2 Å². The van der Waals surface area contributed by atoms with Crippen molar-refractivity contribution >= 4 is 0 Å². The molecule has 2 rings (SSSR count). The van der Waals surface area contributed by atoms with Gasteiger partial charge in [-0.15, -0.1) is 0 Å². The molecule has 2 aliphatic rings. The lowest BCUT2D eigenvalue weighted by Crippen LogP contribution is -2.53. The number of hydrogen-bond donors (Lipinski definition) is 0. The van der Waals surface area contributed by atoms with Gasteiger partial charge in [-0.2, -0.15) is 0 Å². The van der Waals surface area contributed by atoms with E-state index >= 15 is 0 Å². The zero-order chi connectivity index (χ0) is 16.3. The minimum atomic E-state index is 0.750. The highest BCUT2D eigenvalue weighted by Gasteiger charge is 2.25. The van der Waals surface area contributed by atoms with E-state index in [0.717, 1.165) is 12.0 Å². The molecular weight excluding hydrogens is 258 g/mol. The lowest BCUT2D eigenvalue weighted by molar-refractivity contribution is 0.0669. The van der Waals surface area contributed by atoms with Crippen LogP contribution in [0.4, 0.5) is 0 Å². The summed E-state index contributed by atoms with van der Waals surface area (Å²) in [6, 6.07) is 0.750. The van der Waals surface area contributed by atoms with Crippen LogP contribution in [0.1, 0.15) is 54.4 Å². The summed E-state index contributed by atoms with van der Waals surface area (Å²) < 4.78 is 0. The first-order valence-corrected chi connectivity index (χ1v) is 9.34. The number of nitrogens with zero attached hydrogens (tertiary/aromatic N) is 3. The summed E-state index contributed by atoms with van der Waals surface area (Å²) in [7, 11) is 2.25. The quantitative estimate of drug-likeness (QED) is 0.791. The van der Waals surface area contributed by atoms with Crippen molar-refractivity contribution in [2.45, 2.75) is 60.4 Å². The van der Waals surface area contributed by atoms with Crippen molar-refractivity contribution in [3.8, 4) is 0 Å². The van der Waals surface area contributed by atoms with E-state index in [9.17, 15) is 0 Å². The average Bonchev–Trinajstić information content (AvgIpc) is 2.54. The van der Waals surface area contributed by atoms with Crippen molar-refractivity contribution in [3.05, 3.63) is 0 Å². The standard InChI is InChI=1S/C14H29N3.2C2H6/c1-4-17-10-9-16(11-13(17)2)12-14-5-7-15(3)8-6-14;2*1-2/h13-14H,4-12H2,1-3H3;2*1-2H3. The maximum Gasteiger partial charge on any atom is 0.0195 e. The van der Waals surface area contributed by atoms with E-state index in [-0.39, 0.29) is 0 Å². The van der Waals surface area contributed by atoms with Gasteiger partial charge in [0.2, 0.25) is 0 Å². The van der Waals surface area contributed by atoms with E-state index in [4.69, 9.17) is 0 Å². The highest BCUT2D eigenvalue weighted by Crippen LogP contribution is 2.19. The summed E-state index contributed by atoms with van der Waals surface area (Å²) in [5.41, 5.74) is 0. The number of piperazine rings is 1. The monoisotopic (exact) mass is 299 g/mol. The smallest absolute Gasteiger partial charge is 0.0195 e. The second-order valence-electron chi connectivity index (χ2n) is 5.98. The lowest BCUT2D eigenvalue weighted by Gasteiger charge is -2.41. The molecule has 3 heteroatoms. The van der Waals surface area contributed by atoms with Crippen molar-refractivity contribution in [2.75, 3.05) is 52.9 Å². The van der Waals surface area contributed by atoms with E-state index in [0.29, 0.717) is 0 Å². The molecular formula is C18H41N3. The molecule has 0 N–H and O–H groups in total. The second-order valence-corrected chi connectivity index (χ2v) is 5.98. The first-order valence-electron chi connectivity index (χ1n) is 9.34. The number of rotatable bonds is 3. The molecule has 2 fully saturated rings. The van der Waals surface area contributed by atoms with Gasteiger partial charge in [-0.3, -0.25) is 4.90 Å². The van der Waals surface area contributed by atoms with Crippen LogP contribution in [0.15, 0.2) is 0 Å². The maximum atomic E-state index is 2.70. The van der Waals surface area contributed by atoms with Crippen LogP contribution in [0.2, 0.25) is 0 Å². The van der Waals surface area contributed by atoms with E-state index in [1.807, 2.05) is 27.7 Å². The van der Waals surface area contributed by atoms with Crippen LogP contribution in [0, 0.1) is 5.92 Å². The molecule has 0 aromatic carbocycles. The largest absolute Gasteiger partial charge is 0.306 e. The SMILES string of the molecule is CC.CC.CCN1CCN(CC2CCN(C)CC2)CC1C. The molecule has 0 aromatic heterocycles. The molecule has 21 heavy (non-hydrogen) atoms. The van der Waals surface area contributed by atoms with Gasteiger partial charge < -0.3 is 9.80 Å². The molecule has 2 aliphatic heterocycles. The van der Waals surface area contributed by atoms with Crippen LogP contribution < -0.4 is 0 Å². The van der Waals surface area contributed by atoms with Gasteiger partial charge in [0.1, 0.15) is 0 Å². The zero-order valence-corrected chi connectivity index (χ0v) is 15.9. The van der Waals surface area contributed by atoms with E-state index in [2.05, 4.69) is 35.6 Å². The van der Waals surface area contributed by atoms with Gasteiger partial charge in [-0.1, -0.05) is 34.6 Å². The third-order valence-electron chi connectivity index (χ3n) is 4.61. The summed E-state index contributed by atoms with van der Waals surface area (Å²) in [6.07, 6.45) is 2.80. The van der Waals surface area contributed by atoms with Crippen LogP contribution in [-0.4, -0.2) is 73.6 Å². The van der Waals surface area contributed by atoms with Gasteiger partial charge in [0.25, 0.3) is 0 Å². The molecule has 2 heterocycles. The van der Waals surface area contributed by atoms with Crippen LogP contribution >= 0.6 is 0 Å². The van der Waals surface area contributed by atoms with Crippen molar-refractivity contribution < 1.29 is 0 Å². The molecule has 1 atom stereocenters. The van der Waals surface area contributed by atoms with Gasteiger partial charge >= 0.3 is 0 Å². The van der Waals surface area contributed by atoms with Crippen LogP contribution in [0.5, 0.6) is 0 Å². The van der Waals surface area contributed by atoms with E-state index < -0.39 is 0 Å².